The van der Waals surface area contributed by atoms with Gasteiger partial charge in [0.2, 0.25) is 0 Å². The summed E-state index contributed by atoms with van der Waals surface area (Å²) < 4.78 is 5.99. The van der Waals surface area contributed by atoms with Crippen molar-refractivity contribution < 1.29 is 14.3 Å². The molecule has 166 valence electrons. The van der Waals surface area contributed by atoms with E-state index in [-0.39, 0.29) is 11.8 Å². The van der Waals surface area contributed by atoms with E-state index < -0.39 is 12.0 Å². The number of primary amides is 1. The molecule has 0 aliphatic carbocycles. The van der Waals surface area contributed by atoms with Crippen LogP contribution in [0, 0.1) is 13.8 Å². The third kappa shape index (κ3) is 4.31. The first-order chi connectivity index (χ1) is 15.3. The minimum atomic E-state index is -0.563. The van der Waals surface area contributed by atoms with Gasteiger partial charge in [0.15, 0.2) is 6.10 Å². The van der Waals surface area contributed by atoms with Crippen LogP contribution in [0.5, 0.6) is 5.75 Å². The number of aromatic nitrogens is 1. The summed E-state index contributed by atoms with van der Waals surface area (Å²) in [6.45, 7) is 7.01. The molecule has 0 radical (unpaired) electrons. The van der Waals surface area contributed by atoms with E-state index in [0.717, 1.165) is 46.3 Å². The second-order valence-corrected chi connectivity index (χ2v) is 8.54. The van der Waals surface area contributed by atoms with Crippen molar-refractivity contribution in [2.75, 3.05) is 13.1 Å². The van der Waals surface area contributed by atoms with Gasteiger partial charge in [-0.3, -0.25) is 14.6 Å². The number of amides is 2. The van der Waals surface area contributed by atoms with Gasteiger partial charge in [-0.15, -0.1) is 0 Å². The summed E-state index contributed by atoms with van der Waals surface area (Å²) in [6, 6.07) is 15.4. The standard InChI is InChI=1S/C26H29N3O3/c1-16-7-6-10-23(17(16)2)32-18(3)26(31)29-13-11-19(12-14-29)24-21(25(27)30)15-20-8-4-5-9-22(20)28-24/h4-10,15,18-19H,11-14H2,1-3H3,(H2,27,30)/t18-/m0/s1. The number of benzene rings is 2. The van der Waals surface area contributed by atoms with Gasteiger partial charge in [-0.05, 0) is 62.9 Å². The Labute approximate surface area is 188 Å². The zero-order valence-electron chi connectivity index (χ0n) is 18.8. The van der Waals surface area contributed by atoms with Crippen LogP contribution in [0.1, 0.15) is 52.9 Å². The fourth-order valence-electron chi connectivity index (χ4n) is 4.36. The number of nitrogens with two attached hydrogens (primary N) is 1. The van der Waals surface area contributed by atoms with E-state index >= 15 is 0 Å². The third-order valence-electron chi connectivity index (χ3n) is 6.42. The van der Waals surface area contributed by atoms with Crippen LogP contribution in [-0.2, 0) is 4.79 Å². The quantitative estimate of drug-likeness (QED) is 0.658. The SMILES string of the molecule is Cc1cccc(O[C@@H](C)C(=O)N2CCC(c3nc4ccccc4cc3C(N)=O)CC2)c1C. The minimum Gasteiger partial charge on any atom is -0.481 e. The minimum absolute atomic E-state index is 0.0223. The Bertz CT molecular complexity index is 1170. The van der Waals surface area contributed by atoms with E-state index in [1.54, 1.807) is 6.92 Å². The predicted molar refractivity (Wildman–Crippen MR) is 125 cm³/mol. The second kappa shape index (κ2) is 8.99. The maximum atomic E-state index is 13.0. The fraction of sp³-hybridized carbons (Fsp3) is 0.346. The van der Waals surface area contributed by atoms with Crippen molar-refractivity contribution >= 4 is 22.7 Å². The van der Waals surface area contributed by atoms with Gasteiger partial charge in [0.1, 0.15) is 5.75 Å². The average Bonchev–Trinajstić information content (AvgIpc) is 2.80. The van der Waals surface area contributed by atoms with E-state index in [2.05, 4.69) is 0 Å². The lowest BCUT2D eigenvalue weighted by atomic mass is 9.89. The number of aryl methyl sites for hydroxylation is 1. The van der Waals surface area contributed by atoms with Crippen molar-refractivity contribution in [3.05, 3.63) is 70.9 Å². The maximum Gasteiger partial charge on any atom is 0.263 e. The van der Waals surface area contributed by atoms with Gasteiger partial charge in [0, 0.05) is 24.4 Å². The molecule has 6 heteroatoms. The molecule has 1 aliphatic heterocycles. The molecular formula is C26H29N3O3. The number of pyridine rings is 1. The number of likely N-dealkylation sites (tertiary alicyclic amines) is 1. The van der Waals surface area contributed by atoms with Gasteiger partial charge in [0.25, 0.3) is 11.8 Å². The second-order valence-electron chi connectivity index (χ2n) is 8.54. The number of hydrogen-bond donors (Lipinski definition) is 1. The van der Waals surface area contributed by atoms with E-state index in [9.17, 15) is 9.59 Å². The average molecular weight is 432 g/mol. The molecule has 1 aliphatic rings. The summed E-state index contributed by atoms with van der Waals surface area (Å²) in [5, 5.41) is 0.898. The largest absolute Gasteiger partial charge is 0.481 e. The van der Waals surface area contributed by atoms with Crippen molar-refractivity contribution in [2.24, 2.45) is 5.73 Å². The molecule has 32 heavy (non-hydrogen) atoms. The number of fused-ring (bicyclic) bond motifs is 1. The molecular weight excluding hydrogens is 402 g/mol. The first-order valence-corrected chi connectivity index (χ1v) is 11.1. The van der Waals surface area contributed by atoms with Crippen LogP contribution in [0.3, 0.4) is 0 Å². The maximum absolute atomic E-state index is 13.0. The van der Waals surface area contributed by atoms with Crippen LogP contribution in [0.25, 0.3) is 10.9 Å². The molecule has 1 atom stereocenters. The van der Waals surface area contributed by atoms with Gasteiger partial charge in [-0.1, -0.05) is 30.3 Å². The van der Waals surface area contributed by atoms with Gasteiger partial charge < -0.3 is 15.4 Å². The van der Waals surface area contributed by atoms with Crippen molar-refractivity contribution in [2.45, 2.75) is 45.6 Å². The molecule has 0 bridgehead atoms. The number of hydrogen-bond acceptors (Lipinski definition) is 4. The Morgan fingerprint density at radius 2 is 1.81 bits per heavy atom. The number of ether oxygens (including phenoxy) is 1. The smallest absolute Gasteiger partial charge is 0.263 e. The van der Waals surface area contributed by atoms with Crippen molar-refractivity contribution in [1.29, 1.82) is 0 Å². The molecule has 6 nitrogen and oxygen atoms in total. The summed E-state index contributed by atoms with van der Waals surface area (Å²) in [7, 11) is 0. The number of rotatable bonds is 5. The Balaban J connectivity index is 1.46. The van der Waals surface area contributed by atoms with Crippen LogP contribution < -0.4 is 10.5 Å². The molecule has 1 fully saturated rings. The molecule has 2 amide bonds. The van der Waals surface area contributed by atoms with Gasteiger partial charge in [-0.2, -0.15) is 0 Å². The molecule has 2 aromatic carbocycles. The normalized spacial score (nSPS) is 15.5. The Hall–Kier alpha value is -3.41. The van der Waals surface area contributed by atoms with Crippen LogP contribution in [0.4, 0.5) is 0 Å². The Morgan fingerprint density at radius 1 is 1.09 bits per heavy atom. The molecule has 3 aromatic rings. The van der Waals surface area contributed by atoms with Crippen LogP contribution >= 0.6 is 0 Å². The van der Waals surface area contributed by atoms with Crippen molar-refractivity contribution in [1.82, 2.24) is 9.88 Å². The molecule has 0 spiro atoms. The van der Waals surface area contributed by atoms with E-state index in [1.165, 1.54) is 0 Å². The third-order valence-corrected chi connectivity index (χ3v) is 6.42. The Morgan fingerprint density at radius 3 is 2.53 bits per heavy atom. The highest BCUT2D eigenvalue weighted by atomic mass is 16.5. The topological polar surface area (TPSA) is 85.5 Å². The molecule has 0 unspecified atom stereocenters. The summed E-state index contributed by atoms with van der Waals surface area (Å²) in [5.41, 5.74) is 9.91. The molecule has 4 rings (SSSR count). The monoisotopic (exact) mass is 431 g/mol. The number of piperidine rings is 1. The summed E-state index contributed by atoms with van der Waals surface area (Å²) >= 11 is 0. The predicted octanol–water partition coefficient (Wildman–Crippen LogP) is 4.12. The van der Waals surface area contributed by atoms with Crippen LogP contribution in [-0.4, -0.2) is 40.9 Å². The first-order valence-electron chi connectivity index (χ1n) is 11.1. The van der Waals surface area contributed by atoms with E-state index in [0.29, 0.717) is 18.7 Å². The summed E-state index contributed by atoms with van der Waals surface area (Å²) in [4.78, 5) is 31.7. The van der Waals surface area contributed by atoms with Gasteiger partial charge in [-0.25, -0.2) is 0 Å². The lowest BCUT2D eigenvalue weighted by Gasteiger charge is -2.34. The lowest BCUT2D eigenvalue weighted by molar-refractivity contribution is -0.139. The number of para-hydroxylation sites is 1. The number of carbonyl (C=O) groups is 2. The Kier molecular flexibility index (Phi) is 6.12. The lowest BCUT2D eigenvalue weighted by Crippen LogP contribution is -2.44. The van der Waals surface area contributed by atoms with Crippen molar-refractivity contribution in [3.63, 3.8) is 0 Å². The van der Waals surface area contributed by atoms with Gasteiger partial charge >= 0.3 is 0 Å². The molecule has 0 saturated carbocycles. The molecule has 2 N–H and O–H groups in total. The van der Waals surface area contributed by atoms with E-state index in [4.69, 9.17) is 15.5 Å². The summed E-state index contributed by atoms with van der Waals surface area (Å²) in [5.74, 6) is 0.340. The first kappa shape index (κ1) is 21.8. The molecule has 1 saturated heterocycles. The number of carbonyl (C=O) groups excluding carboxylic acids is 2. The van der Waals surface area contributed by atoms with Gasteiger partial charge in [0.05, 0.1) is 16.8 Å². The fourth-order valence-corrected chi connectivity index (χ4v) is 4.36. The number of nitrogens with zero attached hydrogens (tertiary/aromatic N) is 2. The van der Waals surface area contributed by atoms with Crippen molar-refractivity contribution in [3.8, 4) is 5.75 Å². The molecule has 2 heterocycles. The molecule has 1 aromatic heterocycles. The highest BCUT2D eigenvalue weighted by Gasteiger charge is 2.30. The highest BCUT2D eigenvalue weighted by molar-refractivity contribution is 5.97. The zero-order chi connectivity index (χ0) is 22.8. The van der Waals surface area contributed by atoms with E-state index in [1.807, 2.05) is 67.3 Å². The zero-order valence-corrected chi connectivity index (χ0v) is 18.8. The van der Waals surface area contributed by atoms with Crippen LogP contribution in [0.2, 0.25) is 0 Å². The van der Waals surface area contributed by atoms with Crippen LogP contribution in [0.15, 0.2) is 48.5 Å². The highest BCUT2D eigenvalue weighted by Crippen LogP contribution is 2.31. The summed E-state index contributed by atoms with van der Waals surface area (Å²) in [6.07, 6.45) is 0.896.